The van der Waals surface area contributed by atoms with Gasteiger partial charge in [-0.15, -0.1) is 0 Å². The topological polar surface area (TPSA) is 53.5 Å². The van der Waals surface area contributed by atoms with Gasteiger partial charge in [0.2, 0.25) is 0 Å². The van der Waals surface area contributed by atoms with E-state index in [-0.39, 0.29) is 11.8 Å². The number of hydrogen-bond donors (Lipinski definition) is 0. The van der Waals surface area contributed by atoms with Crippen LogP contribution in [-0.2, 0) is 6.42 Å². The van der Waals surface area contributed by atoms with Crippen molar-refractivity contribution < 1.29 is 9.59 Å². The lowest BCUT2D eigenvalue weighted by Crippen LogP contribution is -2.32. The number of fused-ring (bicyclic) bond motifs is 1. The van der Waals surface area contributed by atoms with Crippen molar-refractivity contribution >= 4 is 17.5 Å². The molecule has 24 heavy (non-hydrogen) atoms. The molecule has 2 heterocycles. The summed E-state index contributed by atoms with van der Waals surface area (Å²) in [4.78, 5) is 33.0. The van der Waals surface area contributed by atoms with Crippen LogP contribution in [0.3, 0.4) is 0 Å². The minimum Gasteiger partial charge on any atom is -0.339 e. The fraction of sp³-hybridized carbons (Fsp3) is 0.316. The van der Waals surface area contributed by atoms with Gasteiger partial charge in [0.25, 0.3) is 11.8 Å². The molecule has 1 aromatic heterocycles. The highest BCUT2D eigenvalue weighted by Gasteiger charge is 2.26. The summed E-state index contributed by atoms with van der Waals surface area (Å²) in [5, 5.41) is 0. The zero-order chi connectivity index (χ0) is 17.1. The second-order valence-electron chi connectivity index (χ2n) is 5.74. The summed E-state index contributed by atoms with van der Waals surface area (Å²) in [6.07, 6.45) is 2.38. The van der Waals surface area contributed by atoms with Gasteiger partial charge in [-0.2, -0.15) is 0 Å². The smallest absolute Gasteiger partial charge is 0.276 e. The maximum absolute atomic E-state index is 12.8. The van der Waals surface area contributed by atoms with Crippen molar-refractivity contribution in [3.8, 4) is 0 Å². The van der Waals surface area contributed by atoms with Crippen molar-refractivity contribution in [2.45, 2.75) is 20.3 Å². The summed E-state index contributed by atoms with van der Waals surface area (Å²) in [7, 11) is 0. The number of pyridine rings is 1. The summed E-state index contributed by atoms with van der Waals surface area (Å²) in [6.45, 7) is 5.81. The third-order valence-electron chi connectivity index (χ3n) is 4.41. The Kier molecular flexibility index (Phi) is 4.60. The molecule has 0 atom stereocenters. The molecule has 3 rings (SSSR count). The number of carbonyl (C=O) groups is 2. The average Bonchev–Trinajstić information content (AvgIpc) is 3.06. The monoisotopic (exact) mass is 323 g/mol. The standard InChI is InChI=1S/C19H21N3O2/c1-3-21(4-2)18(23)15-9-11-20-16(13-15)19(24)22-12-10-14-7-5-6-8-17(14)22/h5-9,11,13H,3-4,10,12H2,1-2H3. The molecule has 0 spiro atoms. The summed E-state index contributed by atoms with van der Waals surface area (Å²) < 4.78 is 0. The first-order valence-electron chi connectivity index (χ1n) is 8.30. The molecule has 0 aliphatic carbocycles. The van der Waals surface area contributed by atoms with Gasteiger partial charge in [-0.1, -0.05) is 18.2 Å². The minimum atomic E-state index is -0.158. The summed E-state index contributed by atoms with van der Waals surface area (Å²) in [5.41, 5.74) is 2.92. The minimum absolute atomic E-state index is 0.0710. The molecule has 124 valence electrons. The first kappa shape index (κ1) is 16.2. The molecule has 0 bridgehead atoms. The Morgan fingerprint density at radius 2 is 1.92 bits per heavy atom. The van der Waals surface area contributed by atoms with Crippen molar-refractivity contribution in [2.75, 3.05) is 24.5 Å². The highest BCUT2D eigenvalue weighted by atomic mass is 16.2. The van der Waals surface area contributed by atoms with Crippen LogP contribution in [0.2, 0.25) is 0 Å². The maximum Gasteiger partial charge on any atom is 0.276 e. The molecule has 1 aliphatic heterocycles. The van der Waals surface area contributed by atoms with E-state index in [2.05, 4.69) is 4.98 Å². The Morgan fingerprint density at radius 1 is 1.17 bits per heavy atom. The van der Waals surface area contributed by atoms with Crippen LogP contribution in [0.25, 0.3) is 0 Å². The molecule has 0 saturated carbocycles. The lowest BCUT2D eigenvalue weighted by Gasteiger charge is -2.20. The molecule has 1 aliphatic rings. The highest BCUT2D eigenvalue weighted by Crippen LogP contribution is 2.28. The predicted molar refractivity (Wildman–Crippen MR) is 93.3 cm³/mol. The summed E-state index contributed by atoms with van der Waals surface area (Å²) in [5.74, 6) is -0.229. The van der Waals surface area contributed by atoms with Gasteiger partial charge in [0, 0.05) is 37.1 Å². The van der Waals surface area contributed by atoms with Gasteiger partial charge in [0.05, 0.1) is 0 Å². The van der Waals surface area contributed by atoms with Gasteiger partial charge in [-0.25, -0.2) is 0 Å². The lowest BCUT2D eigenvalue weighted by atomic mass is 10.1. The Labute approximate surface area is 141 Å². The van der Waals surface area contributed by atoms with Crippen molar-refractivity contribution in [2.24, 2.45) is 0 Å². The zero-order valence-electron chi connectivity index (χ0n) is 14.0. The maximum atomic E-state index is 12.8. The Balaban J connectivity index is 1.87. The second kappa shape index (κ2) is 6.83. The van der Waals surface area contributed by atoms with Crippen molar-refractivity contribution in [3.05, 3.63) is 59.4 Å². The third-order valence-corrected chi connectivity index (χ3v) is 4.41. The SMILES string of the molecule is CCN(CC)C(=O)c1ccnc(C(=O)N2CCc3ccccc32)c1. The number of benzene rings is 1. The van der Waals surface area contributed by atoms with E-state index in [0.717, 1.165) is 12.1 Å². The number of carbonyl (C=O) groups excluding carboxylic acids is 2. The number of amides is 2. The van der Waals surface area contributed by atoms with Gasteiger partial charge >= 0.3 is 0 Å². The van der Waals surface area contributed by atoms with Gasteiger partial charge in [-0.05, 0) is 44.0 Å². The van der Waals surface area contributed by atoms with Crippen LogP contribution in [0.15, 0.2) is 42.6 Å². The first-order chi connectivity index (χ1) is 11.7. The van der Waals surface area contributed by atoms with Crippen LogP contribution in [0.4, 0.5) is 5.69 Å². The Bertz CT molecular complexity index is 769. The molecule has 2 amide bonds. The largest absolute Gasteiger partial charge is 0.339 e. The molecule has 5 nitrogen and oxygen atoms in total. The van der Waals surface area contributed by atoms with Crippen LogP contribution < -0.4 is 4.90 Å². The Hall–Kier alpha value is -2.69. The first-order valence-corrected chi connectivity index (χ1v) is 8.30. The fourth-order valence-corrected chi connectivity index (χ4v) is 3.06. The predicted octanol–water partition coefficient (Wildman–Crippen LogP) is 2.77. The van der Waals surface area contributed by atoms with E-state index in [4.69, 9.17) is 0 Å². The van der Waals surface area contributed by atoms with Crippen molar-refractivity contribution in [3.63, 3.8) is 0 Å². The molecule has 0 radical (unpaired) electrons. The van der Waals surface area contributed by atoms with E-state index < -0.39 is 0 Å². The molecule has 0 saturated heterocycles. The second-order valence-corrected chi connectivity index (χ2v) is 5.74. The van der Waals surface area contributed by atoms with Gasteiger partial charge in [0.15, 0.2) is 0 Å². The molecule has 0 N–H and O–H groups in total. The number of nitrogens with zero attached hydrogens (tertiary/aromatic N) is 3. The lowest BCUT2D eigenvalue weighted by molar-refractivity contribution is 0.0773. The average molecular weight is 323 g/mol. The number of anilines is 1. The zero-order valence-corrected chi connectivity index (χ0v) is 14.0. The summed E-state index contributed by atoms with van der Waals surface area (Å²) >= 11 is 0. The van der Waals surface area contributed by atoms with Crippen molar-refractivity contribution in [1.82, 2.24) is 9.88 Å². The summed E-state index contributed by atoms with van der Waals surface area (Å²) in [6, 6.07) is 11.2. The quantitative estimate of drug-likeness (QED) is 0.869. The molecule has 0 unspecified atom stereocenters. The normalized spacial score (nSPS) is 12.8. The van der Waals surface area contributed by atoms with E-state index in [0.29, 0.717) is 30.9 Å². The van der Waals surface area contributed by atoms with Crippen molar-refractivity contribution in [1.29, 1.82) is 0 Å². The molecule has 0 fully saturated rings. The van der Waals surface area contributed by atoms with Crippen LogP contribution in [0.1, 0.15) is 40.3 Å². The van der Waals surface area contributed by atoms with E-state index in [1.807, 2.05) is 38.1 Å². The molecular formula is C19H21N3O2. The molecule has 5 heteroatoms. The molecule has 1 aromatic carbocycles. The number of hydrogen-bond acceptors (Lipinski definition) is 3. The van der Waals surface area contributed by atoms with Gasteiger partial charge in [0.1, 0.15) is 5.69 Å². The number of para-hydroxylation sites is 1. The van der Waals surface area contributed by atoms with Crippen LogP contribution in [0.5, 0.6) is 0 Å². The number of rotatable bonds is 4. The number of aromatic nitrogens is 1. The van der Waals surface area contributed by atoms with E-state index in [9.17, 15) is 9.59 Å². The Morgan fingerprint density at radius 3 is 2.67 bits per heavy atom. The van der Waals surface area contributed by atoms with Gasteiger partial charge in [-0.3, -0.25) is 14.6 Å². The molecule has 2 aromatic rings. The fourth-order valence-electron chi connectivity index (χ4n) is 3.06. The van der Waals surface area contributed by atoms with E-state index in [1.54, 1.807) is 21.9 Å². The third kappa shape index (κ3) is 2.89. The van der Waals surface area contributed by atoms with Crippen LogP contribution in [-0.4, -0.2) is 41.3 Å². The highest BCUT2D eigenvalue weighted by molar-refractivity contribution is 6.07. The van der Waals surface area contributed by atoms with Crippen LogP contribution >= 0.6 is 0 Å². The van der Waals surface area contributed by atoms with E-state index >= 15 is 0 Å². The van der Waals surface area contributed by atoms with Gasteiger partial charge < -0.3 is 9.80 Å². The van der Waals surface area contributed by atoms with E-state index in [1.165, 1.54) is 11.8 Å². The van der Waals surface area contributed by atoms with Crippen LogP contribution in [0, 0.1) is 0 Å². The molecular weight excluding hydrogens is 302 g/mol.